The van der Waals surface area contributed by atoms with E-state index in [-0.39, 0.29) is 41.8 Å². The van der Waals surface area contributed by atoms with Crippen LogP contribution < -0.4 is 4.90 Å². The summed E-state index contributed by atoms with van der Waals surface area (Å²) in [6.45, 7) is 5.18. The average Bonchev–Trinajstić information content (AvgIpc) is 3.15. The van der Waals surface area contributed by atoms with Crippen molar-refractivity contribution in [1.82, 2.24) is 9.88 Å². The first-order chi connectivity index (χ1) is 15.1. The van der Waals surface area contributed by atoms with Gasteiger partial charge in [0.25, 0.3) is 0 Å². The van der Waals surface area contributed by atoms with Crippen molar-refractivity contribution in [2.75, 3.05) is 37.8 Å². The van der Waals surface area contributed by atoms with Crippen molar-refractivity contribution in [2.45, 2.75) is 31.6 Å². The van der Waals surface area contributed by atoms with Gasteiger partial charge in [0, 0.05) is 19.5 Å². The van der Waals surface area contributed by atoms with Crippen LogP contribution in [0, 0.1) is 19.7 Å². The standard InChI is InChI=1S/C23H28FN3O3S2.ClH/c1-16-7-12-20-22(17(16)2)25-23(31-20)27(14-13-26(3)4)21(28)6-5-15-32(29,30)19-10-8-18(24)9-11-19;/h7-12H,5-6,13-15H2,1-4H3;1H. The molecule has 1 amide bonds. The van der Waals surface area contributed by atoms with Gasteiger partial charge in [0.05, 0.1) is 20.9 Å². The van der Waals surface area contributed by atoms with Crippen LogP contribution in [0.5, 0.6) is 0 Å². The van der Waals surface area contributed by atoms with Gasteiger partial charge in [-0.2, -0.15) is 0 Å². The van der Waals surface area contributed by atoms with Crippen LogP contribution in [-0.2, 0) is 14.6 Å². The summed E-state index contributed by atoms with van der Waals surface area (Å²) in [4.78, 5) is 21.5. The van der Waals surface area contributed by atoms with Crippen molar-refractivity contribution in [1.29, 1.82) is 0 Å². The molecular weight excluding hydrogens is 485 g/mol. The lowest BCUT2D eigenvalue weighted by Crippen LogP contribution is -2.36. The molecule has 0 spiro atoms. The Kier molecular flexibility index (Phi) is 9.37. The highest BCUT2D eigenvalue weighted by molar-refractivity contribution is 7.91. The molecular formula is C23H29ClFN3O3S2. The van der Waals surface area contributed by atoms with Crippen LogP contribution >= 0.6 is 23.7 Å². The number of fused-ring (bicyclic) bond motifs is 1. The lowest BCUT2D eigenvalue weighted by molar-refractivity contribution is -0.118. The first-order valence-electron chi connectivity index (χ1n) is 10.4. The van der Waals surface area contributed by atoms with E-state index in [4.69, 9.17) is 4.98 Å². The second-order valence-corrected chi connectivity index (χ2v) is 11.2. The number of sulfone groups is 1. The average molecular weight is 514 g/mol. The maximum atomic E-state index is 13.1. The third-order valence-corrected chi connectivity index (χ3v) is 8.21. The van der Waals surface area contributed by atoms with Crippen LogP contribution in [0.15, 0.2) is 41.3 Å². The van der Waals surface area contributed by atoms with Crippen LogP contribution in [0.1, 0.15) is 24.0 Å². The SMILES string of the molecule is Cc1ccc2sc(N(CCN(C)C)C(=O)CCCS(=O)(=O)c3ccc(F)cc3)nc2c1C.Cl. The zero-order valence-electron chi connectivity index (χ0n) is 19.2. The molecule has 1 aromatic heterocycles. The molecule has 0 bridgehead atoms. The van der Waals surface area contributed by atoms with Gasteiger partial charge >= 0.3 is 0 Å². The number of aryl methyl sites for hydroxylation is 2. The van der Waals surface area contributed by atoms with Gasteiger partial charge in [-0.1, -0.05) is 17.4 Å². The highest BCUT2D eigenvalue weighted by Gasteiger charge is 2.22. The van der Waals surface area contributed by atoms with E-state index in [0.29, 0.717) is 18.2 Å². The Bertz CT molecular complexity index is 1210. The highest BCUT2D eigenvalue weighted by atomic mass is 35.5. The summed E-state index contributed by atoms with van der Waals surface area (Å²) in [7, 11) is 0.290. The summed E-state index contributed by atoms with van der Waals surface area (Å²) in [5, 5.41) is 0.627. The molecule has 0 atom stereocenters. The van der Waals surface area contributed by atoms with Gasteiger partial charge in [-0.15, -0.1) is 12.4 Å². The molecule has 0 aliphatic heterocycles. The van der Waals surface area contributed by atoms with Crippen molar-refractivity contribution in [3.8, 4) is 0 Å². The van der Waals surface area contributed by atoms with Crippen molar-refractivity contribution in [2.24, 2.45) is 0 Å². The monoisotopic (exact) mass is 513 g/mol. The fraction of sp³-hybridized carbons (Fsp3) is 0.391. The molecule has 10 heteroatoms. The van der Waals surface area contributed by atoms with E-state index >= 15 is 0 Å². The summed E-state index contributed by atoms with van der Waals surface area (Å²) in [6, 6.07) is 8.81. The summed E-state index contributed by atoms with van der Waals surface area (Å²) in [5.41, 5.74) is 3.13. The molecule has 0 radical (unpaired) electrons. The maximum absolute atomic E-state index is 13.1. The van der Waals surface area contributed by atoms with Crippen molar-refractivity contribution < 1.29 is 17.6 Å². The van der Waals surface area contributed by atoms with E-state index in [1.54, 1.807) is 4.90 Å². The molecule has 2 aromatic carbocycles. The van der Waals surface area contributed by atoms with E-state index in [1.807, 2.05) is 45.0 Å². The van der Waals surface area contributed by atoms with Crippen LogP contribution in [0.2, 0.25) is 0 Å². The number of thiazole rings is 1. The number of benzene rings is 2. The molecule has 0 unspecified atom stereocenters. The third kappa shape index (κ3) is 6.72. The largest absolute Gasteiger partial charge is 0.308 e. The lowest BCUT2D eigenvalue weighted by Gasteiger charge is -2.22. The molecule has 33 heavy (non-hydrogen) atoms. The molecule has 0 fully saturated rings. The minimum absolute atomic E-state index is 0. The lowest BCUT2D eigenvalue weighted by atomic mass is 10.1. The van der Waals surface area contributed by atoms with Gasteiger partial charge in [-0.3, -0.25) is 9.69 Å². The minimum atomic E-state index is -3.58. The second-order valence-electron chi connectivity index (χ2n) is 8.08. The zero-order chi connectivity index (χ0) is 23.5. The Morgan fingerprint density at radius 3 is 2.36 bits per heavy atom. The molecule has 0 N–H and O–H groups in total. The molecule has 3 rings (SSSR count). The number of anilines is 1. The molecule has 3 aromatic rings. The van der Waals surface area contributed by atoms with Crippen LogP contribution in [-0.4, -0.2) is 57.1 Å². The molecule has 0 saturated heterocycles. The van der Waals surface area contributed by atoms with Crippen molar-refractivity contribution in [3.05, 3.63) is 53.3 Å². The number of rotatable bonds is 9. The molecule has 180 valence electrons. The number of hydrogen-bond acceptors (Lipinski definition) is 6. The number of hydrogen-bond donors (Lipinski definition) is 0. The van der Waals surface area contributed by atoms with Gasteiger partial charge in [-0.05, 0) is 75.8 Å². The fourth-order valence-electron chi connectivity index (χ4n) is 3.26. The zero-order valence-corrected chi connectivity index (χ0v) is 21.6. The molecule has 0 saturated carbocycles. The summed E-state index contributed by atoms with van der Waals surface area (Å²) < 4.78 is 39.1. The third-order valence-electron chi connectivity index (χ3n) is 5.35. The highest BCUT2D eigenvalue weighted by Crippen LogP contribution is 2.32. The number of aromatic nitrogens is 1. The van der Waals surface area contributed by atoms with E-state index in [0.717, 1.165) is 33.5 Å². The summed E-state index contributed by atoms with van der Waals surface area (Å²) >= 11 is 1.47. The van der Waals surface area contributed by atoms with E-state index < -0.39 is 15.7 Å². The Morgan fingerprint density at radius 2 is 1.73 bits per heavy atom. The molecule has 1 heterocycles. The minimum Gasteiger partial charge on any atom is -0.308 e. The van der Waals surface area contributed by atoms with Gasteiger partial charge in [0.1, 0.15) is 5.82 Å². The number of carbonyl (C=O) groups excluding carboxylic acids is 1. The van der Waals surface area contributed by atoms with Crippen molar-refractivity contribution in [3.63, 3.8) is 0 Å². The maximum Gasteiger partial charge on any atom is 0.228 e. The second kappa shape index (κ2) is 11.4. The van der Waals surface area contributed by atoms with E-state index in [9.17, 15) is 17.6 Å². The number of nitrogens with zero attached hydrogens (tertiary/aromatic N) is 3. The van der Waals surface area contributed by atoms with Crippen LogP contribution in [0.25, 0.3) is 10.2 Å². The van der Waals surface area contributed by atoms with Gasteiger partial charge in [-0.25, -0.2) is 17.8 Å². The Balaban J connectivity index is 0.00000385. The smallest absolute Gasteiger partial charge is 0.228 e. The van der Waals surface area contributed by atoms with E-state index in [1.165, 1.54) is 23.5 Å². The normalized spacial score (nSPS) is 11.6. The van der Waals surface area contributed by atoms with Crippen LogP contribution in [0.3, 0.4) is 0 Å². The summed E-state index contributed by atoms with van der Waals surface area (Å²) in [5.74, 6) is -0.823. The number of carbonyl (C=O) groups is 1. The quantitative estimate of drug-likeness (QED) is 0.390. The first kappa shape index (κ1) is 27.2. The Morgan fingerprint density at radius 1 is 1.06 bits per heavy atom. The first-order valence-corrected chi connectivity index (χ1v) is 12.9. The van der Waals surface area contributed by atoms with Crippen LogP contribution in [0.4, 0.5) is 9.52 Å². The Labute approximate surface area is 204 Å². The fourth-order valence-corrected chi connectivity index (χ4v) is 5.64. The topological polar surface area (TPSA) is 70.6 Å². The number of amides is 1. The van der Waals surface area contributed by atoms with Gasteiger partial charge in [0.15, 0.2) is 15.0 Å². The molecule has 6 nitrogen and oxygen atoms in total. The van der Waals surface area contributed by atoms with Gasteiger partial charge in [0.2, 0.25) is 5.91 Å². The predicted octanol–water partition coefficient (Wildman–Crippen LogP) is 4.62. The van der Waals surface area contributed by atoms with Crippen molar-refractivity contribution >= 4 is 54.8 Å². The van der Waals surface area contributed by atoms with E-state index in [2.05, 4.69) is 0 Å². The number of halogens is 2. The predicted molar refractivity (Wildman–Crippen MR) is 135 cm³/mol. The molecule has 0 aliphatic carbocycles. The molecule has 0 aliphatic rings. The number of likely N-dealkylation sites (N-methyl/N-ethyl adjacent to an activating group) is 1. The summed E-state index contributed by atoms with van der Waals surface area (Å²) in [6.07, 6.45) is 0.266. The Hall–Kier alpha value is -2.07. The van der Waals surface area contributed by atoms with Gasteiger partial charge < -0.3 is 4.90 Å².